The molecular formula is C9H9N5O. The maximum Gasteiger partial charge on any atom is 0.277 e. The quantitative estimate of drug-likeness (QED) is 0.624. The zero-order valence-corrected chi connectivity index (χ0v) is 7.77. The summed E-state index contributed by atoms with van der Waals surface area (Å²) < 4.78 is 0. The number of aromatic nitrogens is 3. The van der Waals surface area contributed by atoms with Gasteiger partial charge in [-0.1, -0.05) is 0 Å². The highest BCUT2D eigenvalue weighted by atomic mass is 16.2. The number of aromatic amines is 1. The van der Waals surface area contributed by atoms with Crippen molar-refractivity contribution in [3.05, 3.63) is 36.2 Å². The summed E-state index contributed by atoms with van der Waals surface area (Å²) in [5.41, 5.74) is 7.07. The van der Waals surface area contributed by atoms with Crippen LogP contribution < -0.4 is 11.1 Å². The van der Waals surface area contributed by atoms with Crippen LogP contribution >= 0.6 is 0 Å². The number of rotatable bonds is 2. The van der Waals surface area contributed by atoms with E-state index >= 15 is 0 Å². The predicted octanol–water partition coefficient (Wildman–Crippen LogP) is 0.639. The normalized spacial score (nSPS) is 9.87. The third-order valence-corrected chi connectivity index (χ3v) is 1.82. The maximum atomic E-state index is 11.5. The zero-order valence-electron chi connectivity index (χ0n) is 7.77. The first kappa shape index (κ1) is 9.20. The van der Waals surface area contributed by atoms with Gasteiger partial charge < -0.3 is 11.1 Å². The topological polar surface area (TPSA) is 96.7 Å². The summed E-state index contributed by atoms with van der Waals surface area (Å²) in [5.74, 6) is -0.312. The van der Waals surface area contributed by atoms with Crippen molar-refractivity contribution in [1.82, 2.24) is 15.4 Å². The van der Waals surface area contributed by atoms with Crippen molar-refractivity contribution in [1.29, 1.82) is 0 Å². The summed E-state index contributed by atoms with van der Waals surface area (Å²) in [5, 5.41) is 12.2. The van der Waals surface area contributed by atoms with E-state index in [2.05, 4.69) is 20.7 Å². The van der Waals surface area contributed by atoms with E-state index < -0.39 is 0 Å². The van der Waals surface area contributed by atoms with Crippen molar-refractivity contribution in [2.24, 2.45) is 0 Å². The number of nitrogens with two attached hydrogens (primary N) is 1. The molecule has 6 heteroatoms. The Kier molecular flexibility index (Phi) is 2.32. The number of H-pyrrole nitrogens is 1. The smallest absolute Gasteiger partial charge is 0.277 e. The first-order chi connectivity index (χ1) is 7.25. The summed E-state index contributed by atoms with van der Waals surface area (Å²) in [4.78, 5) is 11.5. The van der Waals surface area contributed by atoms with Gasteiger partial charge in [-0.2, -0.15) is 15.4 Å². The third kappa shape index (κ3) is 2.11. The lowest BCUT2D eigenvalue weighted by atomic mass is 10.3. The molecule has 1 aromatic carbocycles. The highest BCUT2D eigenvalue weighted by molar-refractivity contribution is 6.02. The van der Waals surface area contributed by atoms with Crippen LogP contribution in [0.2, 0.25) is 0 Å². The average molecular weight is 203 g/mol. The number of carbonyl (C=O) groups excluding carboxylic acids is 1. The highest BCUT2D eigenvalue weighted by Gasteiger charge is 2.07. The molecule has 0 aliphatic carbocycles. The van der Waals surface area contributed by atoms with Gasteiger partial charge in [0.2, 0.25) is 0 Å². The van der Waals surface area contributed by atoms with Gasteiger partial charge in [-0.15, -0.1) is 0 Å². The first-order valence-corrected chi connectivity index (χ1v) is 4.28. The standard InChI is InChI=1S/C9H9N5O/c10-6-1-3-7(4-2-6)12-9(15)8-5-11-14-13-8/h1-5H,10H2,(H,12,15)(H,11,13,14). The van der Waals surface area contributed by atoms with E-state index in [1.807, 2.05) is 0 Å². The third-order valence-electron chi connectivity index (χ3n) is 1.82. The Morgan fingerprint density at radius 2 is 2.07 bits per heavy atom. The van der Waals surface area contributed by atoms with Crippen LogP contribution in [0.25, 0.3) is 0 Å². The summed E-state index contributed by atoms with van der Waals surface area (Å²) in [6.45, 7) is 0. The fourth-order valence-electron chi connectivity index (χ4n) is 1.07. The number of carbonyl (C=O) groups is 1. The van der Waals surface area contributed by atoms with Crippen LogP contribution in [0.3, 0.4) is 0 Å². The number of anilines is 2. The van der Waals surface area contributed by atoms with Crippen molar-refractivity contribution in [2.45, 2.75) is 0 Å². The van der Waals surface area contributed by atoms with Crippen molar-refractivity contribution in [2.75, 3.05) is 11.1 Å². The Morgan fingerprint density at radius 1 is 1.33 bits per heavy atom. The molecule has 1 aromatic heterocycles. The number of amides is 1. The Hall–Kier alpha value is -2.37. The van der Waals surface area contributed by atoms with Gasteiger partial charge in [-0.25, -0.2) is 0 Å². The van der Waals surface area contributed by atoms with Gasteiger partial charge >= 0.3 is 0 Å². The zero-order chi connectivity index (χ0) is 10.7. The van der Waals surface area contributed by atoms with Crippen LogP contribution in [0.4, 0.5) is 11.4 Å². The molecule has 76 valence electrons. The fraction of sp³-hybridized carbons (Fsp3) is 0. The van der Waals surface area contributed by atoms with E-state index in [0.29, 0.717) is 11.4 Å². The SMILES string of the molecule is Nc1ccc(NC(=O)c2cn[nH]n2)cc1. The Balaban J connectivity index is 2.09. The monoisotopic (exact) mass is 203 g/mol. The van der Waals surface area contributed by atoms with Crippen molar-refractivity contribution < 1.29 is 4.79 Å². The molecule has 0 unspecified atom stereocenters. The van der Waals surface area contributed by atoms with Crippen LogP contribution in [0.15, 0.2) is 30.5 Å². The molecule has 0 aliphatic rings. The highest BCUT2D eigenvalue weighted by Crippen LogP contribution is 2.11. The number of nitrogens with one attached hydrogen (secondary N) is 2. The molecule has 4 N–H and O–H groups in total. The largest absolute Gasteiger partial charge is 0.399 e. The van der Waals surface area contributed by atoms with E-state index in [9.17, 15) is 4.79 Å². The minimum atomic E-state index is -0.312. The molecule has 0 saturated carbocycles. The van der Waals surface area contributed by atoms with E-state index in [1.165, 1.54) is 6.20 Å². The fourth-order valence-corrected chi connectivity index (χ4v) is 1.07. The van der Waals surface area contributed by atoms with Crippen LogP contribution in [-0.2, 0) is 0 Å². The Bertz CT molecular complexity index is 448. The number of hydrogen-bond acceptors (Lipinski definition) is 4. The van der Waals surface area contributed by atoms with Crippen LogP contribution in [0.5, 0.6) is 0 Å². The number of nitrogen functional groups attached to an aromatic ring is 1. The lowest BCUT2D eigenvalue weighted by Gasteiger charge is -2.02. The lowest BCUT2D eigenvalue weighted by molar-refractivity contribution is 0.102. The van der Waals surface area contributed by atoms with Crippen molar-refractivity contribution in [3.8, 4) is 0 Å². The molecule has 1 amide bonds. The first-order valence-electron chi connectivity index (χ1n) is 4.28. The van der Waals surface area contributed by atoms with E-state index in [0.717, 1.165) is 0 Å². The minimum absolute atomic E-state index is 0.242. The van der Waals surface area contributed by atoms with Gasteiger partial charge in [0, 0.05) is 11.4 Å². The molecule has 0 fully saturated rings. The average Bonchev–Trinajstić information content (AvgIpc) is 2.74. The van der Waals surface area contributed by atoms with Crippen LogP contribution in [0.1, 0.15) is 10.5 Å². The Morgan fingerprint density at radius 3 is 2.67 bits per heavy atom. The summed E-state index contributed by atoms with van der Waals surface area (Å²) in [6.07, 6.45) is 1.35. The van der Waals surface area contributed by atoms with Crippen molar-refractivity contribution in [3.63, 3.8) is 0 Å². The molecule has 0 atom stereocenters. The van der Waals surface area contributed by atoms with Gasteiger partial charge in [0.1, 0.15) is 0 Å². The van der Waals surface area contributed by atoms with Gasteiger partial charge in [0.25, 0.3) is 5.91 Å². The van der Waals surface area contributed by atoms with Crippen LogP contribution in [-0.4, -0.2) is 21.3 Å². The number of benzene rings is 1. The van der Waals surface area contributed by atoms with E-state index in [-0.39, 0.29) is 11.6 Å². The molecule has 2 rings (SSSR count). The second kappa shape index (κ2) is 3.79. The molecule has 6 nitrogen and oxygen atoms in total. The van der Waals surface area contributed by atoms with Crippen LogP contribution in [0, 0.1) is 0 Å². The maximum absolute atomic E-state index is 11.5. The van der Waals surface area contributed by atoms with Gasteiger partial charge in [0.15, 0.2) is 5.69 Å². The molecule has 0 radical (unpaired) electrons. The minimum Gasteiger partial charge on any atom is -0.399 e. The lowest BCUT2D eigenvalue weighted by Crippen LogP contribution is -2.12. The molecule has 15 heavy (non-hydrogen) atoms. The van der Waals surface area contributed by atoms with Gasteiger partial charge in [-0.05, 0) is 24.3 Å². The van der Waals surface area contributed by atoms with Crippen molar-refractivity contribution >= 4 is 17.3 Å². The molecule has 0 saturated heterocycles. The summed E-state index contributed by atoms with van der Waals surface area (Å²) in [6, 6.07) is 6.84. The molecule has 0 bridgehead atoms. The summed E-state index contributed by atoms with van der Waals surface area (Å²) in [7, 11) is 0. The summed E-state index contributed by atoms with van der Waals surface area (Å²) >= 11 is 0. The van der Waals surface area contributed by atoms with E-state index in [1.54, 1.807) is 24.3 Å². The predicted molar refractivity (Wildman–Crippen MR) is 55.2 cm³/mol. The number of hydrogen-bond donors (Lipinski definition) is 3. The van der Waals surface area contributed by atoms with E-state index in [4.69, 9.17) is 5.73 Å². The molecule has 0 spiro atoms. The molecule has 0 aliphatic heterocycles. The van der Waals surface area contributed by atoms with Gasteiger partial charge in [-0.3, -0.25) is 4.79 Å². The second-order valence-corrected chi connectivity index (χ2v) is 2.93. The molecule has 2 aromatic rings. The second-order valence-electron chi connectivity index (χ2n) is 2.93. The Labute approximate surface area is 85.5 Å². The molecular weight excluding hydrogens is 194 g/mol. The molecule has 1 heterocycles. The number of nitrogens with zero attached hydrogens (tertiary/aromatic N) is 2. The van der Waals surface area contributed by atoms with Gasteiger partial charge in [0.05, 0.1) is 6.20 Å².